The fraction of sp³-hybridized carbons (Fsp3) is 0.278. The van der Waals surface area contributed by atoms with Gasteiger partial charge in [0, 0.05) is 18.5 Å². The van der Waals surface area contributed by atoms with E-state index in [1.807, 2.05) is 38.4 Å². The van der Waals surface area contributed by atoms with Crippen molar-refractivity contribution in [3.05, 3.63) is 65.7 Å². The van der Waals surface area contributed by atoms with E-state index in [0.29, 0.717) is 11.3 Å². The molecule has 2 aromatic carbocycles. The van der Waals surface area contributed by atoms with Crippen LogP contribution in [0.1, 0.15) is 28.4 Å². The number of benzene rings is 2. The van der Waals surface area contributed by atoms with Crippen molar-refractivity contribution in [2.75, 3.05) is 20.6 Å². The summed E-state index contributed by atoms with van der Waals surface area (Å²) in [6.07, 6.45) is 0.796. The van der Waals surface area contributed by atoms with Crippen molar-refractivity contribution in [3.8, 4) is 5.75 Å². The number of carbonyl (C=O) groups excluding carboxylic acids is 1. The van der Waals surface area contributed by atoms with Gasteiger partial charge in [0.15, 0.2) is 0 Å². The molecule has 1 atom stereocenters. The lowest BCUT2D eigenvalue weighted by Gasteiger charge is -2.21. The second-order valence-electron chi connectivity index (χ2n) is 5.50. The number of primary amides is 1. The fourth-order valence-corrected chi connectivity index (χ4v) is 2.22. The molecule has 0 aromatic heterocycles. The van der Waals surface area contributed by atoms with E-state index in [0.717, 1.165) is 18.5 Å². The molecule has 0 radical (unpaired) electrons. The first-order valence-electron chi connectivity index (χ1n) is 7.32. The summed E-state index contributed by atoms with van der Waals surface area (Å²) in [6.45, 7) is 0.912. The van der Waals surface area contributed by atoms with Gasteiger partial charge in [-0.2, -0.15) is 0 Å². The van der Waals surface area contributed by atoms with Crippen molar-refractivity contribution >= 4 is 5.91 Å². The van der Waals surface area contributed by atoms with Gasteiger partial charge in [-0.3, -0.25) is 4.79 Å². The van der Waals surface area contributed by atoms with Crippen LogP contribution in [0.5, 0.6) is 5.75 Å². The van der Waals surface area contributed by atoms with Crippen LogP contribution in [0.15, 0.2) is 54.6 Å². The Hall–Kier alpha value is -2.33. The molecule has 116 valence electrons. The average molecular weight is 298 g/mol. The van der Waals surface area contributed by atoms with Gasteiger partial charge in [0.2, 0.25) is 5.91 Å². The first-order chi connectivity index (χ1) is 10.6. The van der Waals surface area contributed by atoms with E-state index < -0.39 is 5.91 Å². The Morgan fingerprint density at radius 1 is 1.14 bits per heavy atom. The highest BCUT2D eigenvalue weighted by Gasteiger charge is 2.14. The fourth-order valence-electron chi connectivity index (χ4n) is 2.22. The van der Waals surface area contributed by atoms with Crippen molar-refractivity contribution in [1.29, 1.82) is 0 Å². The molecule has 4 heteroatoms. The van der Waals surface area contributed by atoms with Crippen LogP contribution in [0.4, 0.5) is 0 Å². The van der Waals surface area contributed by atoms with Crippen LogP contribution in [0.25, 0.3) is 0 Å². The highest BCUT2D eigenvalue weighted by Crippen LogP contribution is 2.25. The van der Waals surface area contributed by atoms with E-state index in [1.54, 1.807) is 18.2 Å². The van der Waals surface area contributed by atoms with E-state index >= 15 is 0 Å². The SMILES string of the molecule is CN(C)CCC(Oc1cccc(C(N)=O)c1)c1ccccc1. The van der Waals surface area contributed by atoms with Gasteiger partial charge in [-0.05, 0) is 37.9 Å². The molecule has 2 N–H and O–H groups in total. The van der Waals surface area contributed by atoms with Gasteiger partial charge in [0.25, 0.3) is 0 Å². The van der Waals surface area contributed by atoms with Crippen molar-refractivity contribution in [1.82, 2.24) is 4.90 Å². The van der Waals surface area contributed by atoms with Crippen LogP contribution < -0.4 is 10.5 Å². The van der Waals surface area contributed by atoms with Gasteiger partial charge in [-0.25, -0.2) is 0 Å². The molecule has 4 nitrogen and oxygen atoms in total. The van der Waals surface area contributed by atoms with Gasteiger partial charge >= 0.3 is 0 Å². The van der Waals surface area contributed by atoms with Gasteiger partial charge in [0.1, 0.15) is 11.9 Å². The standard InChI is InChI=1S/C18H22N2O2/c1-20(2)12-11-17(14-7-4-3-5-8-14)22-16-10-6-9-15(13-16)18(19)21/h3-10,13,17H,11-12H2,1-2H3,(H2,19,21). The highest BCUT2D eigenvalue weighted by atomic mass is 16.5. The van der Waals surface area contributed by atoms with Crippen LogP contribution in [-0.4, -0.2) is 31.4 Å². The molecule has 1 unspecified atom stereocenters. The molecule has 0 saturated heterocycles. The maximum absolute atomic E-state index is 11.3. The minimum atomic E-state index is -0.449. The Morgan fingerprint density at radius 3 is 2.50 bits per heavy atom. The maximum atomic E-state index is 11.3. The van der Waals surface area contributed by atoms with E-state index in [2.05, 4.69) is 17.0 Å². The van der Waals surface area contributed by atoms with Gasteiger partial charge in [0.05, 0.1) is 0 Å². The molecular weight excluding hydrogens is 276 g/mol. The van der Waals surface area contributed by atoms with Crippen LogP contribution in [-0.2, 0) is 0 Å². The summed E-state index contributed by atoms with van der Waals surface area (Å²) in [7, 11) is 4.07. The Kier molecular flexibility index (Phi) is 5.55. The Labute approximate surface area is 131 Å². The molecule has 0 spiro atoms. The zero-order valence-electron chi connectivity index (χ0n) is 13.0. The van der Waals surface area contributed by atoms with Crippen molar-refractivity contribution < 1.29 is 9.53 Å². The number of rotatable bonds is 7. The van der Waals surface area contributed by atoms with Gasteiger partial charge in [-0.1, -0.05) is 36.4 Å². The Morgan fingerprint density at radius 2 is 1.86 bits per heavy atom. The number of hydrogen-bond acceptors (Lipinski definition) is 3. The molecule has 0 saturated carbocycles. The number of amides is 1. The third kappa shape index (κ3) is 4.60. The Bertz CT molecular complexity index is 611. The minimum Gasteiger partial charge on any atom is -0.486 e. The quantitative estimate of drug-likeness (QED) is 0.855. The van der Waals surface area contributed by atoms with Crippen LogP contribution in [0.2, 0.25) is 0 Å². The van der Waals surface area contributed by atoms with Crippen LogP contribution >= 0.6 is 0 Å². The topological polar surface area (TPSA) is 55.6 Å². The average Bonchev–Trinajstić information content (AvgIpc) is 2.52. The predicted octanol–water partition coefficient (Wildman–Crippen LogP) is 2.86. The maximum Gasteiger partial charge on any atom is 0.248 e. The molecule has 2 aromatic rings. The van der Waals surface area contributed by atoms with Crippen molar-refractivity contribution in [3.63, 3.8) is 0 Å². The zero-order chi connectivity index (χ0) is 15.9. The molecule has 2 rings (SSSR count). The van der Waals surface area contributed by atoms with Crippen molar-refractivity contribution in [2.45, 2.75) is 12.5 Å². The van der Waals surface area contributed by atoms with Crippen LogP contribution in [0.3, 0.4) is 0 Å². The summed E-state index contributed by atoms with van der Waals surface area (Å²) < 4.78 is 6.11. The molecule has 0 fully saturated rings. The monoisotopic (exact) mass is 298 g/mol. The molecule has 0 aliphatic carbocycles. The van der Waals surface area contributed by atoms with E-state index in [1.165, 1.54) is 0 Å². The normalized spacial score (nSPS) is 12.1. The number of nitrogens with two attached hydrogens (primary N) is 1. The van der Waals surface area contributed by atoms with Crippen LogP contribution in [0, 0.1) is 0 Å². The first kappa shape index (κ1) is 16.0. The zero-order valence-corrected chi connectivity index (χ0v) is 13.0. The Balaban J connectivity index is 2.19. The molecule has 0 aliphatic heterocycles. The number of carbonyl (C=O) groups is 1. The summed E-state index contributed by atoms with van der Waals surface area (Å²) in [5.74, 6) is 0.207. The largest absolute Gasteiger partial charge is 0.486 e. The number of ether oxygens (including phenoxy) is 1. The lowest BCUT2D eigenvalue weighted by Crippen LogP contribution is -2.19. The first-order valence-corrected chi connectivity index (χ1v) is 7.32. The lowest BCUT2D eigenvalue weighted by molar-refractivity contribution is 0.0999. The summed E-state index contributed by atoms with van der Waals surface area (Å²) >= 11 is 0. The number of nitrogens with zero attached hydrogens (tertiary/aromatic N) is 1. The predicted molar refractivity (Wildman–Crippen MR) is 87.9 cm³/mol. The third-order valence-electron chi connectivity index (χ3n) is 3.41. The molecule has 0 bridgehead atoms. The van der Waals surface area contributed by atoms with E-state index in [4.69, 9.17) is 10.5 Å². The van der Waals surface area contributed by atoms with E-state index in [-0.39, 0.29) is 6.10 Å². The number of hydrogen-bond donors (Lipinski definition) is 1. The molecular formula is C18H22N2O2. The minimum absolute atomic E-state index is 0.0632. The van der Waals surface area contributed by atoms with Gasteiger partial charge in [-0.15, -0.1) is 0 Å². The summed E-state index contributed by atoms with van der Waals surface area (Å²) in [5, 5.41) is 0. The van der Waals surface area contributed by atoms with Gasteiger partial charge < -0.3 is 15.4 Å². The van der Waals surface area contributed by atoms with E-state index in [9.17, 15) is 4.79 Å². The summed E-state index contributed by atoms with van der Waals surface area (Å²) in [4.78, 5) is 13.4. The molecule has 0 heterocycles. The molecule has 0 aliphatic rings. The third-order valence-corrected chi connectivity index (χ3v) is 3.41. The second-order valence-corrected chi connectivity index (χ2v) is 5.50. The highest BCUT2D eigenvalue weighted by molar-refractivity contribution is 5.93. The lowest BCUT2D eigenvalue weighted by atomic mass is 10.1. The van der Waals surface area contributed by atoms with Crippen molar-refractivity contribution in [2.24, 2.45) is 5.73 Å². The molecule has 1 amide bonds. The molecule has 22 heavy (non-hydrogen) atoms. The summed E-state index contributed by atoms with van der Waals surface area (Å²) in [6, 6.07) is 17.1. The summed E-state index contributed by atoms with van der Waals surface area (Å²) in [5.41, 5.74) is 6.90. The smallest absolute Gasteiger partial charge is 0.248 e. The second kappa shape index (κ2) is 7.61.